The maximum Gasteiger partial charge on any atom is 0.305 e. The molecule has 4 rings (SSSR count). The molecule has 0 spiro atoms. The lowest BCUT2D eigenvalue weighted by Gasteiger charge is -2.16. The molecular weight excluding hydrogens is 536 g/mol. The number of nitrogens with zero attached hydrogens (tertiary/aromatic N) is 1. The van der Waals surface area contributed by atoms with E-state index in [9.17, 15) is 10.1 Å². The van der Waals surface area contributed by atoms with Crippen molar-refractivity contribution < 1.29 is 19.0 Å². The minimum absolute atomic E-state index is 0.145. The van der Waals surface area contributed by atoms with Crippen LogP contribution in [-0.2, 0) is 29.3 Å². The largest absolute Gasteiger partial charge is 0.489 e. The summed E-state index contributed by atoms with van der Waals surface area (Å²) in [5, 5.41) is 12.8. The van der Waals surface area contributed by atoms with Gasteiger partial charge in [-0.05, 0) is 72.3 Å². The zero-order valence-electron chi connectivity index (χ0n) is 25.1. The molecule has 0 aliphatic carbocycles. The molecule has 0 heterocycles. The molecule has 4 aromatic carbocycles. The number of benzene rings is 4. The van der Waals surface area contributed by atoms with Crippen LogP contribution in [0.1, 0.15) is 59.9 Å². The Kier molecular flexibility index (Phi) is 12.2. The SMILES string of the molecule is COC(=O)CCCCCCNCc1ccc(OCc2cccc(-c3ccccc3)c2C)cc1OCc1cccc(C#N)c1. The first-order chi connectivity index (χ1) is 21.1. The Labute approximate surface area is 255 Å². The molecule has 0 saturated heterocycles. The zero-order valence-corrected chi connectivity index (χ0v) is 25.1. The fourth-order valence-corrected chi connectivity index (χ4v) is 4.93. The van der Waals surface area contributed by atoms with E-state index < -0.39 is 0 Å². The van der Waals surface area contributed by atoms with Crippen LogP contribution in [0, 0.1) is 18.3 Å². The van der Waals surface area contributed by atoms with E-state index in [2.05, 4.69) is 60.8 Å². The standard InChI is InChI=1S/C37H40N2O4/c1-28-33(16-11-17-35(28)31-14-6-5-7-15-31)27-42-34-20-19-32(25-39-21-9-4-3-8-18-37(40)41-2)36(23-34)43-26-30-13-10-12-29(22-30)24-38/h5-7,10-17,19-20,22-23,39H,3-4,8-9,18,21,25-27H2,1-2H3. The van der Waals surface area contributed by atoms with Crippen molar-refractivity contribution in [2.75, 3.05) is 13.7 Å². The molecule has 1 N–H and O–H groups in total. The highest BCUT2D eigenvalue weighted by Crippen LogP contribution is 2.29. The summed E-state index contributed by atoms with van der Waals surface area (Å²) in [7, 11) is 1.43. The summed E-state index contributed by atoms with van der Waals surface area (Å²) < 4.78 is 17.3. The van der Waals surface area contributed by atoms with Gasteiger partial charge in [-0.25, -0.2) is 0 Å². The van der Waals surface area contributed by atoms with Gasteiger partial charge >= 0.3 is 5.97 Å². The van der Waals surface area contributed by atoms with Gasteiger partial charge in [0.1, 0.15) is 24.7 Å². The first-order valence-corrected chi connectivity index (χ1v) is 14.9. The summed E-state index contributed by atoms with van der Waals surface area (Å²) in [5.74, 6) is 1.34. The highest BCUT2D eigenvalue weighted by atomic mass is 16.5. The quantitative estimate of drug-likeness (QED) is 0.108. The topological polar surface area (TPSA) is 80.6 Å². The van der Waals surface area contributed by atoms with Crippen LogP contribution in [0.15, 0.2) is 91.0 Å². The molecule has 222 valence electrons. The molecule has 0 aliphatic rings. The molecule has 0 radical (unpaired) electrons. The van der Waals surface area contributed by atoms with Crippen molar-refractivity contribution in [1.29, 1.82) is 5.26 Å². The summed E-state index contributed by atoms with van der Waals surface area (Å²) in [6, 6.07) is 32.4. The Hall–Kier alpha value is -4.60. The summed E-state index contributed by atoms with van der Waals surface area (Å²) >= 11 is 0. The Morgan fingerprint density at radius 2 is 1.63 bits per heavy atom. The number of carbonyl (C=O) groups is 1. The number of ether oxygens (including phenoxy) is 3. The smallest absolute Gasteiger partial charge is 0.305 e. The summed E-state index contributed by atoms with van der Waals surface area (Å²) in [5.41, 5.74) is 7.32. The summed E-state index contributed by atoms with van der Waals surface area (Å²) in [4.78, 5) is 11.3. The van der Waals surface area contributed by atoms with Crippen LogP contribution in [0.4, 0.5) is 0 Å². The first-order valence-electron chi connectivity index (χ1n) is 14.9. The molecule has 6 heteroatoms. The predicted molar refractivity (Wildman–Crippen MR) is 170 cm³/mol. The molecule has 0 aliphatic heterocycles. The molecule has 0 saturated carbocycles. The lowest BCUT2D eigenvalue weighted by molar-refractivity contribution is -0.140. The maximum absolute atomic E-state index is 11.3. The van der Waals surface area contributed by atoms with Gasteiger partial charge in [0.15, 0.2) is 0 Å². The van der Waals surface area contributed by atoms with Crippen molar-refractivity contribution in [3.63, 3.8) is 0 Å². The zero-order chi connectivity index (χ0) is 30.3. The Morgan fingerprint density at radius 3 is 2.44 bits per heavy atom. The van der Waals surface area contributed by atoms with E-state index in [4.69, 9.17) is 14.2 Å². The van der Waals surface area contributed by atoms with Gasteiger partial charge in [0.05, 0.1) is 18.7 Å². The van der Waals surface area contributed by atoms with E-state index in [1.54, 1.807) is 6.07 Å². The first kappa shape index (κ1) is 31.3. The fraction of sp³-hybridized carbons (Fsp3) is 0.297. The van der Waals surface area contributed by atoms with E-state index in [1.807, 2.05) is 42.5 Å². The molecular formula is C37H40N2O4. The van der Waals surface area contributed by atoms with Crippen LogP contribution in [0.3, 0.4) is 0 Å². The van der Waals surface area contributed by atoms with Gasteiger partial charge in [0.25, 0.3) is 0 Å². The molecule has 4 aromatic rings. The average molecular weight is 577 g/mol. The number of carbonyl (C=O) groups excluding carboxylic acids is 1. The molecule has 0 atom stereocenters. The summed E-state index contributed by atoms with van der Waals surface area (Å²) in [6.07, 6.45) is 4.43. The second kappa shape index (κ2) is 16.7. The maximum atomic E-state index is 11.3. The van der Waals surface area contributed by atoms with Gasteiger partial charge in [0, 0.05) is 24.6 Å². The van der Waals surface area contributed by atoms with Gasteiger partial charge in [-0.2, -0.15) is 5.26 Å². The van der Waals surface area contributed by atoms with Gasteiger partial charge in [-0.3, -0.25) is 4.79 Å². The highest BCUT2D eigenvalue weighted by molar-refractivity contribution is 5.69. The number of hydrogen-bond acceptors (Lipinski definition) is 6. The number of hydrogen-bond donors (Lipinski definition) is 1. The predicted octanol–water partition coefficient (Wildman–Crippen LogP) is 7.90. The van der Waals surface area contributed by atoms with Crippen molar-refractivity contribution in [1.82, 2.24) is 5.32 Å². The van der Waals surface area contributed by atoms with E-state index in [0.29, 0.717) is 31.7 Å². The summed E-state index contributed by atoms with van der Waals surface area (Å²) in [6.45, 7) is 4.47. The van der Waals surface area contributed by atoms with Crippen molar-refractivity contribution in [2.45, 2.75) is 58.8 Å². The molecule has 0 bridgehead atoms. The lowest BCUT2D eigenvalue weighted by Crippen LogP contribution is -2.15. The van der Waals surface area contributed by atoms with Gasteiger partial charge in [-0.15, -0.1) is 0 Å². The third-order valence-electron chi connectivity index (χ3n) is 7.44. The third kappa shape index (κ3) is 9.73. The van der Waals surface area contributed by atoms with Crippen LogP contribution in [0.25, 0.3) is 11.1 Å². The van der Waals surface area contributed by atoms with Crippen LogP contribution >= 0.6 is 0 Å². The van der Waals surface area contributed by atoms with Crippen molar-refractivity contribution in [3.05, 3.63) is 119 Å². The monoisotopic (exact) mass is 576 g/mol. The number of nitrogens with one attached hydrogen (secondary N) is 1. The third-order valence-corrected chi connectivity index (χ3v) is 7.44. The number of rotatable bonds is 16. The highest BCUT2D eigenvalue weighted by Gasteiger charge is 2.10. The van der Waals surface area contributed by atoms with Crippen LogP contribution in [-0.4, -0.2) is 19.6 Å². The second-order valence-corrected chi connectivity index (χ2v) is 10.5. The van der Waals surface area contributed by atoms with E-state index in [0.717, 1.165) is 60.4 Å². The second-order valence-electron chi connectivity index (χ2n) is 10.5. The molecule has 0 unspecified atom stereocenters. The molecule has 0 fully saturated rings. The number of methoxy groups -OCH3 is 1. The number of nitriles is 1. The van der Waals surface area contributed by atoms with E-state index in [1.165, 1.54) is 23.8 Å². The average Bonchev–Trinajstić information content (AvgIpc) is 3.05. The lowest BCUT2D eigenvalue weighted by atomic mass is 9.97. The Morgan fingerprint density at radius 1 is 0.814 bits per heavy atom. The minimum Gasteiger partial charge on any atom is -0.489 e. The van der Waals surface area contributed by atoms with Crippen molar-refractivity contribution >= 4 is 5.97 Å². The Balaban J connectivity index is 1.39. The normalized spacial score (nSPS) is 10.6. The molecule has 0 amide bonds. The molecule has 6 nitrogen and oxygen atoms in total. The van der Waals surface area contributed by atoms with E-state index in [-0.39, 0.29) is 5.97 Å². The number of esters is 1. The number of unbranched alkanes of at least 4 members (excludes halogenated alkanes) is 3. The van der Waals surface area contributed by atoms with Crippen LogP contribution in [0.5, 0.6) is 11.5 Å². The van der Waals surface area contributed by atoms with Gasteiger partial charge < -0.3 is 19.5 Å². The van der Waals surface area contributed by atoms with Gasteiger partial charge in [-0.1, -0.05) is 79.6 Å². The fourth-order valence-electron chi connectivity index (χ4n) is 4.93. The molecule has 0 aromatic heterocycles. The Bertz CT molecular complexity index is 1510. The van der Waals surface area contributed by atoms with Crippen molar-refractivity contribution in [3.8, 4) is 28.7 Å². The van der Waals surface area contributed by atoms with Crippen molar-refractivity contribution in [2.24, 2.45) is 0 Å². The van der Waals surface area contributed by atoms with Crippen LogP contribution in [0.2, 0.25) is 0 Å². The minimum atomic E-state index is -0.145. The van der Waals surface area contributed by atoms with Gasteiger partial charge in [0.2, 0.25) is 0 Å². The van der Waals surface area contributed by atoms with E-state index >= 15 is 0 Å². The van der Waals surface area contributed by atoms with Crippen LogP contribution < -0.4 is 14.8 Å². The molecule has 43 heavy (non-hydrogen) atoms.